The number of benzene rings is 1. The van der Waals surface area contributed by atoms with Gasteiger partial charge in [-0.25, -0.2) is 9.78 Å². The first-order valence-corrected chi connectivity index (χ1v) is 6.44. The molecule has 0 saturated carbocycles. The number of carbonyl (C=O) groups excluding carboxylic acids is 1. The number of nitrogen functional groups attached to an aromatic ring is 1. The van der Waals surface area contributed by atoms with Crippen LogP contribution in [-0.2, 0) is 4.74 Å². The fourth-order valence-corrected chi connectivity index (χ4v) is 2.45. The summed E-state index contributed by atoms with van der Waals surface area (Å²) in [6.45, 7) is 3.76. The summed E-state index contributed by atoms with van der Waals surface area (Å²) in [6, 6.07) is 5.82. The highest BCUT2D eigenvalue weighted by Gasteiger charge is 2.20. The van der Waals surface area contributed by atoms with Gasteiger partial charge in [0, 0.05) is 4.47 Å². The third-order valence-corrected chi connectivity index (χ3v) is 3.35. The molecule has 0 fully saturated rings. The number of aryl methyl sites for hydroxylation is 2. The molecule has 1 aromatic carbocycles. The zero-order valence-corrected chi connectivity index (χ0v) is 12.5. The van der Waals surface area contributed by atoms with Gasteiger partial charge in [0.05, 0.1) is 12.8 Å². The lowest BCUT2D eigenvalue weighted by Crippen LogP contribution is -2.08. The van der Waals surface area contributed by atoms with E-state index in [9.17, 15) is 4.79 Å². The van der Waals surface area contributed by atoms with Crippen LogP contribution in [0.4, 0.5) is 5.82 Å². The maximum absolute atomic E-state index is 11.6. The highest BCUT2D eigenvalue weighted by atomic mass is 79.9. The summed E-state index contributed by atoms with van der Waals surface area (Å²) in [6.07, 6.45) is 0. The van der Waals surface area contributed by atoms with E-state index in [2.05, 4.69) is 25.7 Å². The second-order valence-electron chi connectivity index (χ2n) is 4.15. The predicted molar refractivity (Wildman–Crippen MR) is 76.5 cm³/mol. The summed E-state index contributed by atoms with van der Waals surface area (Å²) >= 11 is 3.42. The van der Waals surface area contributed by atoms with Gasteiger partial charge in [-0.15, -0.1) is 0 Å². The number of esters is 1. The lowest BCUT2D eigenvalue weighted by molar-refractivity contribution is 0.0596. The molecule has 0 amide bonds. The average Bonchev–Trinajstić information content (AvgIpc) is 2.65. The third-order valence-electron chi connectivity index (χ3n) is 2.86. The molecule has 0 aliphatic rings. The minimum Gasteiger partial charge on any atom is -0.464 e. The molecular weight excluding hydrogens is 310 g/mol. The molecule has 6 heteroatoms. The second kappa shape index (κ2) is 5.05. The number of anilines is 1. The number of imidazole rings is 1. The van der Waals surface area contributed by atoms with Gasteiger partial charge >= 0.3 is 5.97 Å². The van der Waals surface area contributed by atoms with Crippen LogP contribution in [-0.4, -0.2) is 22.6 Å². The Morgan fingerprint density at radius 1 is 1.42 bits per heavy atom. The fourth-order valence-electron chi connectivity index (χ4n) is 1.97. The maximum atomic E-state index is 11.6. The molecule has 100 valence electrons. The number of hydrogen-bond acceptors (Lipinski definition) is 4. The molecule has 0 saturated heterocycles. The molecule has 0 atom stereocenters. The molecule has 0 aliphatic carbocycles. The van der Waals surface area contributed by atoms with E-state index in [4.69, 9.17) is 5.73 Å². The van der Waals surface area contributed by atoms with Crippen molar-refractivity contribution in [1.29, 1.82) is 0 Å². The van der Waals surface area contributed by atoms with Gasteiger partial charge in [-0.1, -0.05) is 15.9 Å². The molecule has 1 heterocycles. The summed E-state index contributed by atoms with van der Waals surface area (Å²) < 4.78 is 7.40. The van der Waals surface area contributed by atoms with Crippen LogP contribution in [0.1, 0.15) is 21.9 Å². The van der Waals surface area contributed by atoms with Crippen molar-refractivity contribution in [3.8, 4) is 5.69 Å². The lowest BCUT2D eigenvalue weighted by atomic mass is 10.2. The van der Waals surface area contributed by atoms with Crippen molar-refractivity contribution in [1.82, 2.24) is 9.55 Å². The molecule has 5 nitrogen and oxygen atoms in total. The number of ether oxygens (including phenoxy) is 1. The van der Waals surface area contributed by atoms with E-state index in [0.29, 0.717) is 5.82 Å². The van der Waals surface area contributed by atoms with Crippen LogP contribution < -0.4 is 5.73 Å². The van der Waals surface area contributed by atoms with Gasteiger partial charge in [-0.05, 0) is 37.6 Å². The SMILES string of the molecule is COC(=O)c1nc(C)n(-c2ccc(Br)cc2C)c1N. The Kier molecular flexibility index (Phi) is 3.61. The quantitative estimate of drug-likeness (QED) is 0.862. The standard InChI is InChI=1S/C13H14BrN3O2/c1-7-6-9(14)4-5-10(7)17-8(2)16-11(12(17)15)13(18)19-3/h4-6H,15H2,1-3H3. The molecule has 0 aliphatic heterocycles. The summed E-state index contributed by atoms with van der Waals surface area (Å²) in [4.78, 5) is 15.8. The smallest absolute Gasteiger partial charge is 0.360 e. The molecule has 2 aromatic rings. The maximum Gasteiger partial charge on any atom is 0.360 e. The van der Waals surface area contributed by atoms with Gasteiger partial charge in [0.2, 0.25) is 0 Å². The number of rotatable bonds is 2. The van der Waals surface area contributed by atoms with E-state index in [1.165, 1.54) is 7.11 Å². The molecule has 0 spiro atoms. The monoisotopic (exact) mass is 323 g/mol. The Morgan fingerprint density at radius 3 is 2.68 bits per heavy atom. The number of halogens is 1. The van der Waals surface area contributed by atoms with Crippen LogP contribution in [0.15, 0.2) is 22.7 Å². The first-order chi connectivity index (χ1) is 8.95. The Morgan fingerprint density at radius 2 is 2.11 bits per heavy atom. The number of methoxy groups -OCH3 is 1. The average molecular weight is 324 g/mol. The Hall–Kier alpha value is -1.82. The van der Waals surface area contributed by atoms with E-state index in [1.54, 1.807) is 11.5 Å². The van der Waals surface area contributed by atoms with Crippen molar-refractivity contribution in [2.75, 3.05) is 12.8 Å². The van der Waals surface area contributed by atoms with E-state index >= 15 is 0 Å². The molecule has 19 heavy (non-hydrogen) atoms. The lowest BCUT2D eigenvalue weighted by Gasteiger charge is -2.11. The second-order valence-corrected chi connectivity index (χ2v) is 5.07. The van der Waals surface area contributed by atoms with E-state index in [1.807, 2.05) is 25.1 Å². The Balaban J connectivity index is 2.63. The summed E-state index contributed by atoms with van der Waals surface area (Å²) in [5, 5.41) is 0. The van der Waals surface area contributed by atoms with Crippen LogP contribution in [0.2, 0.25) is 0 Å². The minimum atomic E-state index is -0.533. The highest BCUT2D eigenvalue weighted by molar-refractivity contribution is 9.10. The number of hydrogen-bond donors (Lipinski definition) is 1. The van der Waals surface area contributed by atoms with Gasteiger partial charge in [0.25, 0.3) is 0 Å². The molecule has 2 rings (SSSR count). The number of aromatic nitrogens is 2. The third kappa shape index (κ3) is 2.35. The van der Waals surface area contributed by atoms with E-state index < -0.39 is 5.97 Å². The predicted octanol–water partition coefficient (Wildman–Crippen LogP) is 2.62. The van der Waals surface area contributed by atoms with Gasteiger partial charge in [-0.3, -0.25) is 4.57 Å². The van der Waals surface area contributed by atoms with Crippen molar-refractivity contribution in [2.24, 2.45) is 0 Å². The van der Waals surface area contributed by atoms with Crippen molar-refractivity contribution in [2.45, 2.75) is 13.8 Å². The molecular formula is C13H14BrN3O2. The fraction of sp³-hybridized carbons (Fsp3) is 0.231. The molecule has 0 radical (unpaired) electrons. The minimum absolute atomic E-state index is 0.141. The van der Waals surface area contributed by atoms with Gasteiger partial charge in [0.1, 0.15) is 11.6 Å². The normalized spacial score (nSPS) is 10.5. The molecule has 1 aromatic heterocycles. The Bertz CT molecular complexity index is 650. The summed E-state index contributed by atoms with van der Waals surface area (Å²) in [5.41, 5.74) is 8.06. The number of carbonyl (C=O) groups is 1. The van der Waals surface area contributed by atoms with E-state index in [-0.39, 0.29) is 11.5 Å². The van der Waals surface area contributed by atoms with Crippen LogP contribution in [0.5, 0.6) is 0 Å². The topological polar surface area (TPSA) is 70.1 Å². The highest BCUT2D eigenvalue weighted by Crippen LogP contribution is 2.25. The zero-order valence-electron chi connectivity index (χ0n) is 10.9. The van der Waals surface area contributed by atoms with Crippen molar-refractivity contribution in [3.63, 3.8) is 0 Å². The summed E-state index contributed by atoms with van der Waals surface area (Å²) in [5.74, 6) is 0.396. The van der Waals surface area contributed by atoms with Crippen molar-refractivity contribution in [3.05, 3.63) is 39.8 Å². The van der Waals surface area contributed by atoms with Crippen molar-refractivity contribution >= 4 is 27.7 Å². The number of nitrogens with zero attached hydrogens (tertiary/aromatic N) is 2. The van der Waals surface area contributed by atoms with Gasteiger partial charge < -0.3 is 10.5 Å². The van der Waals surface area contributed by atoms with Crippen molar-refractivity contribution < 1.29 is 9.53 Å². The van der Waals surface area contributed by atoms with Crippen LogP contribution in [0.25, 0.3) is 5.69 Å². The first kappa shape index (κ1) is 13.6. The van der Waals surface area contributed by atoms with Crippen LogP contribution in [0.3, 0.4) is 0 Å². The molecule has 0 bridgehead atoms. The van der Waals surface area contributed by atoms with Crippen LogP contribution in [0, 0.1) is 13.8 Å². The van der Waals surface area contributed by atoms with Gasteiger partial charge in [0.15, 0.2) is 5.69 Å². The molecule has 0 unspecified atom stereocenters. The summed E-state index contributed by atoms with van der Waals surface area (Å²) in [7, 11) is 1.31. The zero-order chi connectivity index (χ0) is 14.2. The van der Waals surface area contributed by atoms with E-state index in [0.717, 1.165) is 15.7 Å². The van der Waals surface area contributed by atoms with Crippen LogP contribution >= 0.6 is 15.9 Å². The largest absolute Gasteiger partial charge is 0.464 e. The number of nitrogens with two attached hydrogens (primary N) is 1. The first-order valence-electron chi connectivity index (χ1n) is 5.65. The van der Waals surface area contributed by atoms with Gasteiger partial charge in [-0.2, -0.15) is 0 Å². The Labute approximate surface area is 119 Å². The molecule has 2 N–H and O–H groups in total.